The minimum Gasteiger partial charge on any atom is -0.493 e. The van der Waals surface area contributed by atoms with Crippen molar-refractivity contribution in [2.75, 3.05) is 19.9 Å². The lowest BCUT2D eigenvalue weighted by Gasteiger charge is -2.07. The first-order valence-corrected chi connectivity index (χ1v) is 9.28. The number of benzene rings is 2. The Bertz CT molecular complexity index is 916. The monoisotopic (exact) mass is 447 g/mol. The predicted molar refractivity (Wildman–Crippen MR) is 106 cm³/mol. The van der Waals surface area contributed by atoms with Crippen LogP contribution in [-0.2, 0) is 4.79 Å². The van der Waals surface area contributed by atoms with Gasteiger partial charge in [0.25, 0.3) is 11.8 Å². The summed E-state index contributed by atoms with van der Waals surface area (Å²) >= 11 is 3.38. The summed E-state index contributed by atoms with van der Waals surface area (Å²) in [7, 11) is 0. The Morgan fingerprint density at radius 1 is 1.21 bits per heavy atom. The number of carbonyl (C=O) groups is 2. The van der Waals surface area contributed by atoms with Gasteiger partial charge >= 0.3 is 0 Å². The van der Waals surface area contributed by atoms with E-state index in [1.807, 2.05) is 25.1 Å². The Balaban J connectivity index is 1.51. The van der Waals surface area contributed by atoms with Crippen LogP contribution in [0.4, 0.5) is 0 Å². The Morgan fingerprint density at radius 3 is 2.86 bits per heavy atom. The van der Waals surface area contributed by atoms with E-state index in [4.69, 9.17) is 14.2 Å². The molecule has 9 heteroatoms. The standard InChI is InChI=1S/C19H18BrN3O5/c1-2-26-15-6-4-14(20)7-13(15)9-22-23-18(24)10-21-19(25)12-3-5-16-17(8-12)28-11-27-16/h3-9H,2,10-11H2,1H3,(H,21,25)(H,23,24). The average Bonchev–Trinajstić information content (AvgIpc) is 3.16. The molecule has 2 N–H and O–H groups in total. The summed E-state index contributed by atoms with van der Waals surface area (Å²) < 4.78 is 16.8. The number of hydrogen-bond acceptors (Lipinski definition) is 6. The predicted octanol–water partition coefficient (Wildman–Crippen LogP) is 2.46. The van der Waals surface area contributed by atoms with Gasteiger partial charge < -0.3 is 19.5 Å². The van der Waals surface area contributed by atoms with Crippen molar-refractivity contribution >= 4 is 34.0 Å². The van der Waals surface area contributed by atoms with E-state index in [1.165, 1.54) is 6.21 Å². The molecular formula is C19H18BrN3O5. The molecule has 0 unspecified atom stereocenters. The lowest BCUT2D eigenvalue weighted by atomic mass is 10.2. The third-order valence-corrected chi connectivity index (χ3v) is 4.20. The largest absolute Gasteiger partial charge is 0.493 e. The molecule has 0 radical (unpaired) electrons. The van der Waals surface area contributed by atoms with Crippen molar-refractivity contribution in [1.29, 1.82) is 0 Å². The zero-order valence-corrected chi connectivity index (χ0v) is 16.6. The highest BCUT2D eigenvalue weighted by molar-refractivity contribution is 9.10. The highest BCUT2D eigenvalue weighted by Gasteiger charge is 2.16. The lowest BCUT2D eigenvalue weighted by Crippen LogP contribution is -2.34. The average molecular weight is 448 g/mol. The first-order chi connectivity index (χ1) is 13.6. The summed E-state index contributed by atoms with van der Waals surface area (Å²) in [6, 6.07) is 10.3. The van der Waals surface area contributed by atoms with Crippen molar-refractivity contribution in [2.24, 2.45) is 5.10 Å². The van der Waals surface area contributed by atoms with Gasteiger partial charge in [0, 0.05) is 15.6 Å². The number of rotatable bonds is 7. The van der Waals surface area contributed by atoms with Crippen LogP contribution in [0.3, 0.4) is 0 Å². The molecule has 1 aliphatic rings. The highest BCUT2D eigenvalue weighted by Crippen LogP contribution is 2.32. The van der Waals surface area contributed by atoms with Gasteiger partial charge in [0.15, 0.2) is 11.5 Å². The quantitative estimate of drug-likeness (QED) is 0.501. The fraction of sp³-hybridized carbons (Fsp3) is 0.211. The van der Waals surface area contributed by atoms with Gasteiger partial charge in [0.05, 0.1) is 19.4 Å². The van der Waals surface area contributed by atoms with Crippen molar-refractivity contribution in [2.45, 2.75) is 6.92 Å². The second kappa shape index (κ2) is 9.23. The van der Waals surface area contributed by atoms with Gasteiger partial charge in [-0.15, -0.1) is 0 Å². The molecule has 1 heterocycles. The Kier molecular flexibility index (Phi) is 6.49. The number of amides is 2. The molecule has 1 aliphatic heterocycles. The van der Waals surface area contributed by atoms with Crippen LogP contribution < -0.4 is 25.0 Å². The van der Waals surface area contributed by atoms with Crippen molar-refractivity contribution in [3.63, 3.8) is 0 Å². The zero-order valence-electron chi connectivity index (χ0n) is 15.0. The number of carbonyl (C=O) groups excluding carboxylic acids is 2. The van der Waals surface area contributed by atoms with Gasteiger partial charge in [0.1, 0.15) is 5.75 Å². The van der Waals surface area contributed by atoms with Crippen LogP contribution in [0.25, 0.3) is 0 Å². The van der Waals surface area contributed by atoms with Gasteiger partial charge in [-0.2, -0.15) is 5.10 Å². The normalized spacial score (nSPS) is 12.1. The molecule has 0 saturated heterocycles. The minimum absolute atomic E-state index is 0.129. The molecule has 0 aromatic heterocycles. The summed E-state index contributed by atoms with van der Waals surface area (Å²) in [5.74, 6) is 0.879. The molecule has 2 amide bonds. The molecule has 0 fully saturated rings. The molecule has 0 spiro atoms. The zero-order chi connectivity index (χ0) is 19.9. The van der Waals surface area contributed by atoms with Gasteiger partial charge in [-0.1, -0.05) is 15.9 Å². The Morgan fingerprint density at radius 2 is 2.04 bits per heavy atom. The van der Waals surface area contributed by atoms with Crippen molar-refractivity contribution in [3.8, 4) is 17.2 Å². The number of halogens is 1. The molecule has 146 valence electrons. The van der Waals surface area contributed by atoms with E-state index in [1.54, 1.807) is 18.2 Å². The highest BCUT2D eigenvalue weighted by atomic mass is 79.9. The number of hydrogen-bond donors (Lipinski definition) is 2. The summed E-state index contributed by atoms with van der Waals surface area (Å²) in [6.45, 7) is 2.31. The van der Waals surface area contributed by atoms with Crippen molar-refractivity contribution in [3.05, 3.63) is 52.0 Å². The molecule has 0 bridgehead atoms. The maximum absolute atomic E-state index is 12.2. The molecule has 0 atom stereocenters. The van der Waals surface area contributed by atoms with Crippen LogP contribution in [0.15, 0.2) is 46.0 Å². The van der Waals surface area contributed by atoms with Crippen molar-refractivity contribution < 1.29 is 23.8 Å². The van der Waals surface area contributed by atoms with Crippen LogP contribution in [0, 0.1) is 0 Å². The van der Waals surface area contributed by atoms with E-state index >= 15 is 0 Å². The van der Waals surface area contributed by atoms with Gasteiger partial charge in [-0.25, -0.2) is 5.43 Å². The van der Waals surface area contributed by atoms with Crippen LogP contribution >= 0.6 is 15.9 Å². The Hall–Kier alpha value is -3.07. The first kappa shape index (κ1) is 19.7. The maximum atomic E-state index is 12.2. The molecule has 0 saturated carbocycles. The van der Waals surface area contributed by atoms with E-state index in [0.29, 0.717) is 35.0 Å². The fourth-order valence-electron chi connectivity index (χ4n) is 2.42. The fourth-order valence-corrected chi connectivity index (χ4v) is 2.80. The molecule has 28 heavy (non-hydrogen) atoms. The lowest BCUT2D eigenvalue weighted by molar-refractivity contribution is -0.120. The summed E-state index contributed by atoms with van der Waals surface area (Å²) in [6.07, 6.45) is 1.48. The number of nitrogens with one attached hydrogen (secondary N) is 2. The first-order valence-electron chi connectivity index (χ1n) is 8.49. The van der Waals surface area contributed by atoms with E-state index in [2.05, 4.69) is 31.8 Å². The molecule has 3 rings (SSSR count). The second-order valence-corrected chi connectivity index (χ2v) is 6.57. The summed E-state index contributed by atoms with van der Waals surface area (Å²) in [4.78, 5) is 24.1. The third kappa shape index (κ3) is 5.01. The molecular weight excluding hydrogens is 430 g/mol. The molecule has 8 nitrogen and oxygen atoms in total. The smallest absolute Gasteiger partial charge is 0.259 e. The number of ether oxygens (including phenoxy) is 3. The van der Waals surface area contributed by atoms with E-state index in [0.717, 1.165) is 4.47 Å². The van der Waals surface area contributed by atoms with Crippen LogP contribution in [-0.4, -0.2) is 38.0 Å². The number of hydrazone groups is 1. The molecule has 2 aromatic carbocycles. The van der Waals surface area contributed by atoms with E-state index < -0.39 is 11.8 Å². The second-order valence-electron chi connectivity index (χ2n) is 5.66. The number of nitrogens with zero attached hydrogens (tertiary/aromatic N) is 1. The topological polar surface area (TPSA) is 98.2 Å². The van der Waals surface area contributed by atoms with Crippen molar-refractivity contribution in [1.82, 2.24) is 10.7 Å². The Labute approximate surface area is 170 Å². The van der Waals surface area contributed by atoms with Gasteiger partial charge in [0.2, 0.25) is 6.79 Å². The van der Waals surface area contributed by atoms with E-state index in [-0.39, 0.29) is 13.3 Å². The summed E-state index contributed by atoms with van der Waals surface area (Å²) in [5.41, 5.74) is 3.45. The maximum Gasteiger partial charge on any atom is 0.259 e. The van der Waals surface area contributed by atoms with Gasteiger partial charge in [-0.05, 0) is 43.3 Å². The molecule has 0 aliphatic carbocycles. The SMILES string of the molecule is CCOc1ccc(Br)cc1C=NNC(=O)CNC(=O)c1ccc2c(c1)OCO2. The van der Waals surface area contributed by atoms with Crippen LogP contribution in [0.2, 0.25) is 0 Å². The number of fused-ring (bicyclic) bond motifs is 1. The van der Waals surface area contributed by atoms with E-state index in [9.17, 15) is 9.59 Å². The van der Waals surface area contributed by atoms with Gasteiger partial charge in [-0.3, -0.25) is 9.59 Å². The summed E-state index contributed by atoms with van der Waals surface area (Å²) in [5, 5.41) is 6.44. The van der Waals surface area contributed by atoms with Crippen LogP contribution in [0.5, 0.6) is 17.2 Å². The minimum atomic E-state index is -0.460. The third-order valence-electron chi connectivity index (χ3n) is 3.71. The molecule has 2 aromatic rings. The van der Waals surface area contributed by atoms with Crippen LogP contribution in [0.1, 0.15) is 22.8 Å².